The third-order valence-corrected chi connectivity index (χ3v) is 5.19. The van der Waals surface area contributed by atoms with E-state index in [2.05, 4.69) is 61.3 Å². The van der Waals surface area contributed by atoms with Crippen molar-refractivity contribution in [2.24, 2.45) is 5.92 Å². The van der Waals surface area contributed by atoms with Crippen LogP contribution >= 0.6 is 11.8 Å². The van der Waals surface area contributed by atoms with Crippen molar-refractivity contribution in [3.63, 3.8) is 0 Å². The predicted molar refractivity (Wildman–Crippen MR) is 82.4 cm³/mol. The van der Waals surface area contributed by atoms with Crippen LogP contribution in [-0.2, 0) is 0 Å². The first-order valence-corrected chi connectivity index (χ1v) is 8.19. The van der Waals surface area contributed by atoms with E-state index in [1.54, 1.807) is 0 Å². The summed E-state index contributed by atoms with van der Waals surface area (Å²) in [5, 5.41) is 4.54. The quantitative estimate of drug-likeness (QED) is 0.835. The Kier molecular flexibility index (Phi) is 5.58. The maximum Gasteiger partial charge on any atom is 0.0172 e. The summed E-state index contributed by atoms with van der Waals surface area (Å²) < 4.78 is 0. The molecule has 1 aromatic rings. The highest BCUT2D eigenvalue weighted by atomic mass is 32.2. The molecular weight excluding hydrogens is 238 g/mol. The second-order valence-corrected chi connectivity index (χ2v) is 6.96. The van der Waals surface area contributed by atoms with Gasteiger partial charge in [-0.25, -0.2) is 0 Å². The zero-order valence-electron chi connectivity index (χ0n) is 11.6. The van der Waals surface area contributed by atoms with Crippen LogP contribution in [0.25, 0.3) is 0 Å². The van der Waals surface area contributed by atoms with Gasteiger partial charge in [-0.15, -0.1) is 0 Å². The van der Waals surface area contributed by atoms with Crippen molar-refractivity contribution in [2.45, 2.75) is 37.9 Å². The van der Waals surface area contributed by atoms with E-state index in [0.29, 0.717) is 11.8 Å². The molecular formula is C16H25NS. The van der Waals surface area contributed by atoms with E-state index >= 15 is 0 Å². The highest BCUT2D eigenvalue weighted by molar-refractivity contribution is 8.00. The number of thioether (sulfide) groups is 1. The molecule has 0 aromatic heterocycles. The molecule has 0 radical (unpaired) electrons. The van der Waals surface area contributed by atoms with E-state index in [-0.39, 0.29) is 0 Å². The first kappa shape index (κ1) is 14.0. The summed E-state index contributed by atoms with van der Waals surface area (Å²) in [6.45, 7) is 6.94. The van der Waals surface area contributed by atoms with Crippen molar-refractivity contribution in [3.8, 4) is 0 Å². The molecule has 18 heavy (non-hydrogen) atoms. The van der Waals surface area contributed by atoms with E-state index in [1.807, 2.05) is 0 Å². The highest BCUT2D eigenvalue weighted by Crippen LogP contribution is 2.26. The Balaban J connectivity index is 1.83. The van der Waals surface area contributed by atoms with Gasteiger partial charge in [0.2, 0.25) is 0 Å². The second-order valence-electron chi connectivity index (χ2n) is 5.55. The molecule has 2 atom stereocenters. The van der Waals surface area contributed by atoms with Gasteiger partial charge in [-0.2, -0.15) is 11.8 Å². The first-order valence-electron chi connectivity index (χ1n) is 7.14. The van der Waals surface area contributed by atoms with Gasteiger partial charge in [0, 0.05) is 18.3 Å². The number of hydrogen-bond acceptors (Lipinski definition) is 2. The Morgan fingerprint density at radius 3 is 2.67 bits per heavy atom. The van der Waals surface area contributed by atoms with Crippen molar-refractivity contribution in [2.75, 3.05) is 18.8 Å². The lowest BCUT2D eigenvalue weighted by atomic mass is 9.88. The molecule has 100 valence electrons. The maximum atomic E-state index is 3.69. The molecule has 1 aliphatic heterocycles. The molecule has 0 amide bonds. The Labute approximate surface area is 116 Å². The highest BCUT2D eigenvalue weighted by Gasteiger charge is 2.18. The van der Waals surface area contributed by atoms with Crippen LogP contribution in [0.4, 0.5) is 0 Å². The number of rotatable bonds is 6. The summed E-state index contributed by atoms with van der Waals surface area (Å²) in [6, 6.07) is 10.9. The monoisotopic (exact) mass is 263 g/mol. The predicted octanol–water partition coefficient (Wildman–Crippen LogP) is 3.91. The van der Waals surface area contributed by atoms with Gasteiger partial charge in [0.25, 0.3) is 0 Å². The second kappa shape index (κ2) is 7.20. The molecule has 2 rings (SSSR count). The van der Waals surface area contributed by atoms with E-state index in [9.17, 15) is 0 Å². The lowest BCUT2D eigenvalue weighted by Crippen LogP contribution is -2.29. The van der Waals surface area contributed by atoms with E-state index in [1.165, 1.54) is 30.7 Å². The van der Waals surface area contributed by atoms with Crippen molar-refractivity contribution in [1.29, 1.82) is 0 Å². The lowest BCUT2D eigenvalue weighted by molar-refractivity contribution is 0.460. The normalized spacial score (nSPS) is 21.4. The van der Waals surface area contributed by atoms with Crippen LogP contribution < -0.4 is 5.32 Å². The van der Waals surface area contributed by atoms with Crippen LogP contribution in [0.2, 0.25) is 0 Å². The molecule has 0 spiro atoms. The largest absolute Gasteiger partial charge is 0.315 e. The fraction of sp³-hybridized carbons (Fsp3) is 0.625. The summed E-state index contributed by atoms with van der Waals surface area (Å²) in [7, 11) is 0. The molecule has 2 unspecified atom stereocenters. The molecule has 1 heterocycles. The van der Waals surface area contributed by atoms with E-state index in [4.69, 9.17) is 0 Å². The number of hydrogen-bond donors (Lipinski definition) is 1. The Morgan fingerprint density at radius 2 is 2.06 bits per heavy atom. The molecule has 1 fully saturated rings. The van der Waals surface area contributed by atoms with Crippen LogP contribution in [0.15, 0.2) is 30.3 Å². The molecule has 0 aliphatic carbocycles. The maximum absolute atomic E-state index is 3.69. The summed E-state index contributed by atoms with van der Waals surface area (Å²) in [6.07, 6.45) is 2.80. The Morgan fingerprint density at radius 1 is 1.28 bits per heavy atom. The Hall–Kier alpha value is -0.470. The van der Waals surface area contributed by atoms with Crippen LogP contribution in [0.3, 0.4) is 0 Å². The molecule has 2 heteroatoms. The minimum Gasteiger partial charge on any atom is -0.315 e. The third kappa shape index (κ3) is 4.03. The minimum absolute atomic E-state index is 0.637. The summed E-state index contributed by atoms with van der Waals surface area (Å²) >= 11 is 2.14. The average molecular weight is 263 g/mol. The summed E-state index contributed by atoms with van der Waals surface area (Å²) in [5.74, 6) is 2.69. The van der Waals surface area contributed by atoms with Crippen LogP contribution in [0.1, 0.15) is 38.2 Å². The van der Waals surface area contributed by atoms with Crippen molar-refractivity contribution >= 4 is 11.8 Å². The molecule has 1 aromatic carbocycles. The lowest BCUT2D eigenvalue weighted by Gasteiger charge is -2.22. The number of nitrogens with one attached hydrogen (secondary N) is 1. The fourth-order valence-corrected chi connectivity index (χ4v) is 3.88. The molecule has 1 aliphatic rings. The van der Waals surface area contributed by atoms with Gasteiger partial charge in [-0.1, -0.05) is 44.2 Å². The molecule has 1 saturated heterocycles. The van der Waals surface area contributed by atoms with E-state index in [0.717, 1.165) is 11.8 Å². The van der Waals surface area contributed by atoms with E-state index < -0.39 is 0 Å². The third-order valence-electron chi connectivity index (χ3n) is 3.79. The van der Waals surface area contributed by atoms with Gasteiger partial charge in [-0.3, -0.25) is 0 Å². The van der Waals surface area contributed by atoms with Gasteiger partial charge >= 0.3 is 0 Å². The van der Waals surface area contributed by atoms with Gasteiger partial charge in [-0.05, 0) is 36.0 Å². The van der Waals surface area contributed by atoms with Gasteiger partial charge < -0.3 is 5.32 Å². The summed E-state index contributed by atoms with van der Waals surface area (Å²) in [4.78, 5) is 0. The molecule has 1 nitrogen and oxygen atoms in total. The molecule has 0 bridgehead atoms. The summed E-state index contributed by atoms with van der Waals surface area (Å²) in [5.41, 5.74) is 1.47. The first-order chi connectivity index (χ1) is 8.77. The minimum atomic E-state index is 0.637. The zero-order chi connectivity index (χ0) is 12.8. The smallest absolute Gasteiger partial charge is 0.0172 e. The van der Waals surface area contributed by atoms with Crippen LogP contribution in [0, 0.1) is 5.92 Å². The fourth-order valence-electron chi connectivity index (χ4n) is 2.64. The van der Waals surface area contributed by atoms with Gasteiger partial charge in [0.15, 0.2) is 0 Å². The van der Waals surface area contributed by atoms with Gasteiger partial charge in [0.1, 0.15) is 0 Å². The topological polar surface area (TPSA) is 12.0 Å². The van der Waals surface area contributed by atoms with Crippen LogP contribution in [0.5, 0.6) is 0 Å². The number of benzene rings is 1. The zero-order valence-corrected chi connectivity index (χ0v) is 12.4. The van der Waals surface area contributed by atoms with Crippen molar-refractivity contribution < 1.29 is 0 Å². The van der Waals surface area contributed by atoms with Crippen molar-refractivity contribution in [3.05, 3.63) is 35.9 Å². The standard InChI is InChI=1S/C16H25NS/c1-13(2)16(14-7-4-3-5-8-14)12-17-11-15-9-6-10-18-15/h3-5,7-8,13,15-17H,6,9-12H2,1-2H3. The van der Waals surface area contributed by atoms with Crippen LogP contribution in [-0.4, -0.2) is 24.1 Å². The molecule has 1 N–H and O–H groups in total. The van der Waals surface area contributed by atoms with Gasteiger partial charge in [0.05, 0.1) is 0 Å². The van der Waals surface area contributed by atoms with Crippen molar-refractivity contribution in [1.82, 2.24) is 5.32 Å². The SMILES string of the molecule is CC(C)C(CNCC1CCCS1)c1ccccc1. The Bertz CT molecular complexity index is 330. The molecule has 0 saturated carbocycles. The average Bonchev–Trinajstić information content (AvgIpc) is 2.88.